The Kier molecular flexibility index (Phi) is 10.4. The summed E-state index contributed by atoms with van der Waals surface area (Å²) in [5.74, 6) is 0.204. The van der Waals surface area contributed by atoms with Gasteiger partial charge in [-0.05, 0) is 74.8 Å². The monoisotopic (exact) mass is 615 g/mol. The Morgan fingerprint density at radius 3 is 2.33 bits per heavy atom. The first kappa shape index (κ1) is 32.5. The fraction of sp³-hybridized carbons (Fsp3) is 0.688. The topological polar surface area (TPSA) is 102 Å². The van der Waals surface area contributed by atoms with E-state index in [-0.39, 0.29) is 34.3 Å². The van der Waals surface area contributed by atoms with Gasteiger partial charge in [0.05, 0.1) is 12.3 Å². The molecule has 0 radical (unpaired) electrons. The summed E-state index contributed by atoms with van der Waals surface area (Å²) in [5.41, 5.74) is 0.359. The maximum atomic E-state index is 14.2. The van der Waals surface area contributed by atoms with Crippen LogP contribution < -0.4 is 14.4 Å². The quantitative estimate of drug-likeness (QED) is 0.272. The third-order valence-electron chi connectivity index (χ3n) is 8.50. The van der Waals surface area contributed by atoms with Gasteiger partial charge >= 0.3 is 12.0 Å². The number of carboxylic acids is 1. The molecule has 10 heteroatoms. The smallest absolute Gasteiger partial charge is 0.348 e. The molecule has 0 spiro atoms. The molecule has 2 saturated carbocycles. The maximum absolute atomic E-state index is 14.2. The van der Waals surface area contributed by atoms with Crippen molar-refractivity contribution in [2.75, 3.05) is 11.5 Å². The van der Waals surface area contributed by atoms with Crippen LogP contribution in [0.5, 0.6) is 11.9 Å². The number of thiophene rings is 1. The van der Waals surface area contributed by atoms with E-state index in [9.17, 15) is 14.7 Å². The van der Waals surface area contributed by atoms with Gasteiger partial charge in [-0.1, -0.05) is 47.3 Å². The van der Waals surface area contributed by atoms with Gasteiger partial charge in [-0.15, -0.1) is 11.3 Å². The number of ether oxygens (including phenoxy) is 2. The number of aromatic nitrogens is 2. The molecule has 1 N–H and O–H groups in total. The number of hydrogen-bond acceptors (Lipinski definition) is 7. The molecule has 2 aliphatic rings. The Labute approximate surface area is 256 Å². The van der Waals surface area contributed by atoms with E-state index in [1.165, 1.54) is 11.3 Å². The summed E-state index contributed by atoms with van der Waals surface area (Å²) in [5, 5.41) is 10.2. The molecule has 8 nitrogen and oxygen atoms in total. The van der Waals surface area contributed by atoms with E-state index in [1.807, 2.05) is 11.0 Å². The molecule has 42 heavy (non-hydrogen) atoms. The zero-order valence-electron chi connectivity index (χ0n) is 26.4. The minimum absolute atomic E-state index is 0.0631. The molecule has 0 unspecified atom stereocenters. The van der Waals surface area contributed by atoms with Crippen molar-refractivity contribution in [3.63, 3.8) is 0 Å². The Bertz CT molecular complexity index is 1220. The molecule has 2 fully saturated rings. The third kappa shape index (κ3) is 8.55. The molecule has 2 aliphatic carbocycles. The van der Waals surface area contributed by atoms with Crippen molar-refractivity contribution in [1.82, 2.24) is 9.97 Å². The van der Waals surface area contributed by atoms with Crippen LogP contribution in [0.15, 0.2) is 18.3 Å². The fourth-order valence-corrected chi connectivity index (χ4v) is 7.54. The van der Waals surface area contributed by atoms with Crippen molar-refractivity contribution in [2.24, 2.45) is 11.8 Å². The van der Waals surface area contributed by atoms with Gasteiger partial charge in [0.15, 0.2) is 0 Å². The number of anilines is 1. The van der Waals surface area contributed by atoms with Crippen molar-refractivity contribution < 1.29 is 24.2 Å². The fourth-order valence-electron chi connectivity index (χ4n) is 5.78. The Hall–Kier alpha value is -2.46. The molecule has 1 amide bonds. The first-order chi connectivity index (χ1) is 19.7. The molecule has 0 aromatic carbocycles. The molecule has 0 bridgehead atoms. The van der Waals surface area contributed by atoms with Crippen molar-refractivity contribution in [2.45, 2.75) is 122 Å². The predicted molar refractivity (Wildman–Crippen MR) is 171 cm³/mol. The highest BCUT2D eigenvalue weighted by atomic mass is 32.1. The second kappa shape index (κ2) is 13.5. The number of hydrogen-bond donors (Lipinski definition) is 1. The van der Waals surface area contributed by atoms with Crippen LogP contribution in [0.3, 0.4) is 0 Å². The van der Waals surface area contributed by atoms with Gasteiger partial charge in [-0.25, -0.2) is 9.78 Å². The normalized spacial score (nSPS) is 23.3. The van der Waals surface area contributed by atoms with Crippen molar-refractivity contribution in [3.05, 3.63) is 28.1 Å². The minimum Gasteiger partial charge on any atom is -0.478 e. The SMILES string of the molecule is CC1CCC(C(=O)N(c2cc(C(C)(C)C)sc2C(=O)O)C2CCC(Oc3nccc(OCC[Si](C)(C)C)n3)CC2)CC1. The lowest BCUT2D eigenvalue weighted by atomic mass is 9.81. The molecule has 0 saturated heterocycles. The molecule has 2 aromatic rings. The van der Waals surface area contributed by atoms with Gasteiger partial charge in [0.2, 0.25) is 11.8 Å². The molecule has 4 rings (SSSR count). The Morgan fingerprint density at radius 2 is 1.74 bits per heavy atom. The molecular formula is C32H49N3O5SSi. The van der Waals surface area contributed by atoms with Crippen LogP contribution in [0.25, 0.3) is 0 Å². The molecule has 0 atom stereocenters. The average Bonchev–Trinajstić information content (AvgIpc) is 3.36. The third-order valence-corrected chi connectivity index (χ3v) is 11.7. The number of carbonyl (C=O) groups is 2. The number of carbonyl (C=O) groups excluding carboxylic acids is 1. The van der Waals surface area contributed by atoms with E-state index < -0.39 is 14.0 Å². The summed E-state index contributed by atoms with van der Waals surface area (Å²) in [6.07, 6.45) is 8.32. The van der Waals surface area contributed by atoms with Gasteiger partial charge < -0.3 is 19.5 Å². The van der Waals surface area contributed by atoms with Crippen LogP contribution in [-0.4, -0.2) is 53.8 Å². The van der Waals surface area contributed by atoms with Crippen LogP contribution in [0, 0.1) is 11.8 Å². The number of aromatic carboxylic acids is 1. The number of nitrogens with zero attached hydrogens (tertiary/aromatic N) is 3. The summed E-state index contributed by atoms with van der Waals surface area (Å²) in [7, 11) is -1.20. The highest BCUT2D eigenvalue weighted by molar-refractivity contribution is 7.14. The number of carboxylic acid groups (broad SMARTS) is 1. The summed E-state index contributed by atoms with van der Waals surface area (Å²) < 4.78 is 12.1. The zero-order valence-corrected chi connectivity index (χ0v) is 28.3. The highest BCUT2D eigenvalue weighted by Gasteiger charge is 2.38. The Morgan fingerprint density at radius 1 is 1.07 bits per heavy atom. The van der Waals surface area contributed by atoms with Gasteiger partial charge in [0.1, 0.15) is 11.0 Å². The van der Waals surface area contributed by atoms with Crippen molar-refractivity contribution in [1.29, 1.82) is 0 Å². The second-order valence-corrected chi connectivity index (χ2v) is 21.1. The zero-order chi connectivity index (χ0) is 30.7. The second-order valence-electron chi connectivity index (χ2n) is 14.4. The summed E-state index contributed by atoms with van der Waals surface area (Å²) in [4.78, 5) is 38.5. The van der Waals surface area contributed by atoms with Crippen LogP contribution in [0.4, 0.5) is 5.69 Å². The molecule has 232 valence electrons. The lowest BCUT2D eigenvalue weighted by Crippen LogP contribution is -2.47. The van der Waals surface area contributed by atoms with Crippen LogP contribution in [-0.2, 0) is 10.2 Å². The van der Waals surface area contributed by atoms with Gasteiger partial charge in [-0.3, -0.25) is 4.79 Å². The highest BCUT2D eigenvalue weighted by Crippen LogP contribution is 2.42. The van der Waals surface area contributed by atoms with Crippen LogP contribution >= 0.6 is 11.3 Å². The average molecular weight is 616 g/mol. The predicted octanol–water partition coefficient (Wildman–Crippen LogP) is 7.80. The molecule has 0 aliphatic heterocycles. The van der Waals surface area contributed by atoms with E-state index in [1.54, 1.807) is 12.3 Å². The first-order valence-electron chi connectivity index (χ1n) is 15.5. The Balaban J connectivity index is 1.49. The largest absolute Gasteiger partial charge is 0.478 e. The number of amides is 1. The lowest BCUT2D eigenvalue weighted by molar-refractivity contribution is -0.124. The van der Waals surface area contributed by atoms with E-state index in [0.29, 0.717) is 30.1 Å². The van der Waals surface area contributed by atoms with E-state index in [4.69, 9.17) is 9.47 Å². The standard InChI is InChI=1S/C32H49N3O5SSi/c1-21-8-10-22(11-9-21)29(36)35(25-20-26(32(2,3)4)41-28(25)30(37)38)23-12-14-24(15-13-23)40-31-33-17-16-27(34-31)39-18-19-42(5,6)7/h16-17,20-24H,8-15,18-19H2,1-7H3,(H,37,38). The lowest BCUT2D eigenvalue weighted by Gasteiger charge is -2.39. The van der Waals surface area contributed by atoms with E-state index >= 15 is 0 Å². The van der Waals surface area contributed by atoms with Gasteiger partial charge in [0, 0.05) is 37.2 Å². The van der Waals surface area contributed by atoms with Gasteiger partial charge in [0.25, 0.3) is 0 Å². The van der Waals surface area contributed by atoms with Gasteiger partial charge in [-0.2, -0.15) is 4.98 Å². The van der Waals surface area contributed by atoms with E-state index in [2.05, 4.69) is 57.3 Å². The van der Waals surface area contributed by atoms with E-state index in [0.717, 1.165) is 62.3 Å². The van der Waals surface area contributed by atoms with Crippen molar-refractivity contribution >= 4 is 37.0 Å². The summed E-state index contributed by atoms with van der Waals surface area (Å²) >= 11 is 1.30. The van der Waals surface area contributed by atoms with Crippen LogP contribution in [0.1, 0.15) is 93.6 Å². The molecule has 2 aromatic heterocycles. The van der Waals surface area contributed by atoms with Crippen molar-refractivity contribution in [3.8, 4) is 11.9 Å². The molecule has 2 heterocycles. The summed E-state index contributed by atoms with van der Waals surface area (Å²) in [6.45, 7) is 16.1. The number of rotatable bonds is 10. The maximum Gasteiger partial charge on any atom is 0.348 e. The summed E-state index contributed by atoms with van der Waals surface area (Å²) in [6, 6.07) is 5.01. The van der Waals surface area contributed by atoms with Crippen LogP contribution in [0.2, 0.25) is 25.7 Å². The first-order valence-corrected chi connectivity index (χ1v) is 20.1. The minimum atomic E-state index is -1.20. The molecular weight excluding hydrogens is 567 g/mol.